The molecule has 1 heterocycles. The minimum Gasteiger partial charge on any atom is -0.507 e. The first-order valence-electron chi connectivity index (χ1n) is 6.63. The summed E-state index contributed by atoms with van der Waals surface area (Å²) in [6.07, 6.45) is 3.21. The maximum absolute atomic E-state index is 11.6. The molecule has 0 saturated carbocycles. The van der Waals surface area contributed by atoms with Gasteiger partial charge in [0.1, 0.15) is 17.1 Å². The van der Waals surface area contributed by atoms with Gasteiger partial charge >= 0.3 is 5.63 Å². The number of hydrogen-bond donors (Lipinski definition) is 2. The molecule has 0 bridgehead atoms. The monoisotopic (exact) mass is 280 g/mol. The van der Waals surface area contributed by atoms with E-state index in [-0.39, 0.29) is 22.9 Å². The van der Waals surface area contributed by atoms with Crippen LogP contribution in [0.3, 0.4) is 0 Å². The molecule has 6 nitrogen and oxygen atoms in total. The molecule has 0 radical (unpaired) electrons. The normalized spacial score (nSPS) is 11.4. The lowest BCUT2D eigenvalue weighted by Crippen LogP contribution is -2.21. The van der Waals surface area contributed by atoms with Gasteiger partial charge in [0.2, 0.25) is 5.91 Å². The number of hydrogen-bond acceptors (Lipinski definition) is 5. The molecule has 6 heteroatoms. The Morgan fingerprint density at radius 3 is 2.75 bits per heavy atom. The minimum absolute atomic E-state index is 0.0375. The van der Waals surface area contributed by atoms with E-state index < -0.39 is 5.63 Å². The van der Waals surface area contributed by atoms with Crippen LogP contribution in [0.15, 0.2) is 20.4 Å². The molecule has 1 amide bonds. The average molecular weight is 280 g/mol. The molecule has 0 unspecified atom stereocenters. The number of amides is 1. The lowest BCUT2D eigenvalue weighted by molar-refractivity contribution is -0.121. The molecule has 0 fully saturated rings. The number of carbonyl (C=O) groups excluding carboxylic acids is 1. The molecule has 0 saturated heterocycles. The van der Waals surface area contributed by atoms with E-state index in [0.29, 0.717) is 12.2 Å². The highest BCUT2D eigenvalue weighted by atomic mass is 16.4. The van der Waals surface area contributed by atoms with Crippen LogP contribution in [-0.4, -0.2) is 16.7 Å². The second-order valence-corrected chi connectivity index (χ2v) is 4.59. The smallest absolute Gasteiger partial charge is 0.348 e. The van der Waals surface area contributed by atoms with E-state index in [4.69, 9.17) is 4.42 Å². The third-order valence-electron chi connectivity index (χ3n) is 2.77. The summed E-state index contributed by atoms with van der Waals surface area (Å²) >= 11 is 0. The molecule has 0 atom stereocenters. The number of rotatable bonds is 6. The zero-order valence-electron chi connectivity index (χ0n) is 12.0. The summed E-state index contributed by atoms with van der Waals surface area (Å²) in [5.41, 5.74) is 1.86. The highest BCUT2D eigenvalue weighted by Gasteiger charge is 2.13. The summed E-state index contributed by atoms with van der Waals surface area (Å²) in [5.74, 6) is -0.110. The largest absolute Gasteiger partial charge is 0.507 e. The Morgan fingerprint density at radius 2 is 2.15 bits per heavy atom. The van der Waals surface area contributed by atoms with Gasteiger partial charge in [0.15, 0.2) is 0 Å². The fourth-order valence-electron chi connectivity index (χ4n) is 1.72. The van der Waals surface area contributed by atoms with Gasteiger partial charge in [-0.05, 0) is 20.3 Å². The maximum atomic E-state index is 11.6. The number of unbranched alkanes of at least 4 members (excludes halogenated alkanes) is 2. The van der Waals surface area contributed by atoms with Crippen molar-refractivity contribution in [1.82, 2.24) is 5.43 Å². The predicted molar refractivity (Wildman–Crippen MR) is 75.9 cm³/mol. The number of nitrogens with zero attached hydrogens (tertiary/aromatic N) is 1. The van der Waals surface area contributed by atoms with Gasteiger partial charge in [0.05, 0.1) is 5.71 Å². The zero-order chi connectivity index (χ0) is 15.1. The van der Waals surface area contributed by atoms with E-state index in [1.54, 1.807) is 6.92 Å². The first-order valence-corrected chi connectivity index (χ1v) is 6.63. The van der Waals surface area contributed by atoms with Crippen LogP contribution >= 0.6 is 0 Å². The third-order valence-corrected chi connectivity index (χ3v) is 2.77. The Kier molecular flexibility index (Phi) is 5.96. The van der Waals surface area contributed by atoms with Crippen LogP contribution in [0.5, 0.6) is 5.75 Å². The topological polar surface area (TPSA) is 91.9 Å². The molecule has 1 aromatic rings. The molecule has 0 aromatic carbocycles. The molecule has 0 aliphatic carbocycles. The van der Waals surface area contributed by atoms with Gasteiger partial charge in [-0.2, -0.15) is 5.10 Å². The summed E-state index contributed by atoms with van der Waals surface area (Å²) in [6, 6.07) is 1.33. The highest BCUT2D eigenvalue weighted by molar-refractivity contribution is 6.01. The molecule has 20 heavy (non-hydrogen) atoms. The molecular formula is C14H20N2O4. The van der Waals surface area contributed by atoms with Gasteiger partial charge in [-0.3, -0.25) is 4.79 Å². The second kappa shape index (κ2) is 7.47. The fraction of sp³-hybridized carbons (Fsp3) is 0.500. The van der Waals surface area contributed by atoms with Crippen LogP contribution < -0.4 is 11.1 Å². The van der Waals surface area contributed by atoms with Crippen molar-refractivity contribution in [2.45, 2.75) is 46.5 Å². The van der Waals surface area contributed by atoms with Crippen molar-refractivity contribution in [3.8, 4) is 5.75 Å². The number of nitrogens with one attached hydrogen (secondary N) is 1. The van der Waals surface area contributed by atoms with E-state index in [0.717, 1.165) is 19.3 Å². The van der Waals surface area contributed by atoms with Gasteiger partial charge in [-0.15, -0.1) is 0 Å². The third kappa shape index (κ3) is 4.53. The Labute approximate surface area is 117 Å². The lowest BCUT2D eigenvalue weighted by Gasteiger charge is -2.04. The SMILES string of the molecule is CCCCCC(=O)NN=C(C)c1c(O)cc(C)oc1=O. The van der Waals surface area contributed by atoms with Crippen LogP contribution in [0.1, 0.15) is 50.9 Å². The number of aromatic hydroxyl groups is 1. The summed E-state index contributed by atoms with van der Waals surface area (Å²) in [5, 5.41) is 13.5. The van der Waals surface area contributed by atoms with Crippen LogP contribution in [0.25, 0.3) is 0 Å². The molecule has 1 aromatic heterocycles. The van der Waals surface area contributed by atoms with Crippen molar-refractivity contribution in [3.05, 3.63) is 27.8 Å². The van der Waals surface area contributed by atoms with Crippen LogP contribution in [-0.2, 0) is 4.79 Å². The predicted octanol–water partition coefficient (Wildman–Crippen LogP) is 2.07. The van der Waals surface area contributed by atoms with Gasteiger partial charge in [0.25, 0.3) is 0 Å². The van der Waals surface area contributed by atoms with Crippen molar-refractivity contribution in [2.75, 3.05) is 0 Å². The van der Waals surface area contributed by atoms with Crippen molar-refractivity contribution < 1.29 is 14.3 Å². The lowest BCUT2D eigenvalue weighted by atomic mass is 10.2. The quantitative estimate of drug-likeness (QED) is 0.474. The molecule has 110 valence electrons. The van der Waals surface area contributed by atoms with Crippen molar-refractivity contribution in [1.29, 1.82) is 0 Å². The van der Waals surface area contributed by atoms with Crippen LogP contribution in [0.2, 0.25) is 0 Å². The number of hydrazone groups is 1. The van der Waals surface area contributed by atoms with Crippen molar-refractivity contribution >= 4 is 11.6 Å². The van der Waals surface area contributed by atoms with Gasteiger partial charge < -0.3 is 9.52 Å². The fourth-order valence-corrected chi connectivity index (χ4v) is 1.72. The van der Waals surface area contributed by atoms with Crippen LogP contribution in [0, 0.1) is 6.92 Å². The summed E-state index contributed by atoms with van der Waals surface area (Å²) in [4.78, 5) is 23.1. The Bertz CT molecular complexity index is 561. The number of carbonyl (C=O) groups is 1. The van der Waals surface area contributed by atoms with E-state index in [9.17, 15) is 14.7 Å². The summed E-state index contributed by atoms with van der Waals surface area (Å²) in [7, 11) is 0. The zero-order valence-corrected chi connectivity index (χ0v) is 12.0. The Hall–Kier alpha value is -2.11. The van der Waals surface area contributed by atoms with E-state index >= 15 is 0 Å². The Morgan fingerprint density at radius 1 is 1.45 bits per heavy atom. The second-order valence-electron chi connectivity index (χ2n) is 4.59. The highest BCUT2D eigenvalue weighted by Crippen LogP contribution is 2.15. The molecule has 0 aliphatic heterocycles. The van der Waals surface area contributed by atoms with E-state index in [1.807, 2.05) is 0 Å². The standard InChI is InChI=1S/C14H20N2O4/c1-4-5-6-7-12(18)16-15-10(3)13-11(17)8-9(2)20-14(13)19/h8,17H,4-7H2,1-3H3,(H,16,18). The van der Waals surface area contributed by atoms with Crippen molar-refractivity contribution in [2.24, 2.45) is 5.10 Å². The average Bonchev–Trinajstić information content (AvgIpc) is 2.35. The van der Waals surface area contributed by atoms with Gasteiger partial charge in [0, 0.05) is 12.5 Å². The summed E-state index contributed by atoms with van der Waals surface area (Å²) < 4.78 is 4.89. The molecule has 2 N–H and O–H groups in total. The van der Waals surface area contributed by atoms with E-state index in [2.05, 4.69) is 17.5 Å². The van der Waals surface area contributed by atoms with Gasteiger partial charge in [-0.25, -0.2) is 10.2 Å². The van der Waals surface area contributed by atoms with Crippen LogP contribution in [0.4, 0.5) is 0 Å². The number of aryl methyl sites for hydroxylation is 1. The minimum atomic E-state index is -0.677. The van der Waals surface area contributed by atoms with E-state index in [1.165, 1.54) is 13.0 Å². The Balaban J connectivity index is 2.75. The van der Waals surface area contributed by atoms with Gasteiger partial charge in [-0.1, -0.05) is 19.8 Å². The van der Waals surface area contributed by atoms with Crippen molar-refractivity contribution in [3.63, 3.8) is 0 Å². The first-order chi connectivity index (χ1) is 9.45. The molecule has 0 spiro atoms. The molecule has 1 rings (SSSR count). The first kappa shape index (κ1) is 15.9. The molecular weight excluding hydrogens is 260 g/mol. The molecule has 0 aliphatic rings. The maximum Gasteiger partial charge on any atom is 0.348 e. The summed E-state index contributed by atoms with van der Waals surface area (Å²) in [6.45, 7) is 5.14.